The van der Waals surface area contributed by atoms with Crippen LogP contribution in [0.15, 0.2) is 34.8 Å². The van der Waals surface area contributed by atoms with E-state index in [4.69, 9.17) is 32.7 Å². The molecular formula is C22H25BrCl2N2O3. The van der Waals surface area contributed by atoms with Crippen molar-refractivity contribution >= 4 is 45.0 Å². The molecule has 3 rings (SSSR count). The molecule has 30 heavy (non-hydrogen) atoms. The number of amides is 1. The highest BCUT2D eigenvalue weighted by Crippen LogP contribution is 2.34. The van der Waals surface area contributed by atoms with E-state index in [9.17, 15) is 4.79 Å². The first-order chi connectivity index (χ1) is 14.5. The number of carbonyl (C=O) groups excluding carboxylic acids is 1. The average Bonchev–Trinajstić information content (AvgIpc) is 3.13. The van der Waals surface area contributed by atoms with Crippen molar-refractivity contribution in [2.24, 2.45) is 0 Å². The van der Waals surface area contributed by atoms with Crippen LogP contribution in [0.5, 0.6) is 11.5 Å². The fourth-order valence-corrected chi connectivity index (χ4v) is 4.26. The molecule has 0 aromatic heterocycles. The Bertz CT molecular complexity index is 895. The van der Waals surface area contributed by atoms with Crippen LogP contribution < -0.4 is 14.8 Å². The van der Waals surface area contributed by atoms with E-state index in [2.05, 4.69) is 21.2 Å². The van der Waals surface area contributed by atoms with Gasteiger partial charge in [0.05, 0.1) is 7.11 Å². The van der Waals surface area contributed by atoms with Gasteiger partial charge in [-0.15, -0.1) is 0 Å². The molecule has 0 saturated carbocycles. The quantitative estimate of drug-likeness (QED) is 0.428. The zero-order valence-electron chi connectivity index (χ0n) is 16.8. The van der Waals surface area contributed by atoms with Crippen LogP contribution in [0.3, 0.4) is 0 Å². The topological polar surface area (TPSA) is 50.8 Å². The van der Waals surface area contributed by atoms with Gasteiger partial charge in [-0.25, -0.2) is 0 Å². The van der Waals surface area contributed by atoms with Crippen LogP contribution in [0.1, 0.15) is 30.4 Å². The fraction of sp³-hybridized carbons (Fsp3) is 0.409. The van der Waals surface area contributed by atoms with Crippen molar-refractivity contribution in [2.45, 2.75) is 32.4 Å². The van der Waals surface area contributed by atoms with Crippen LogP contribution in [0.2, 0.25) is 10.0 Å². The highest BCUT2D eigenvalue weighted by molar-refractivity contribution is 9.10. The van der Waals surface area contributed by atoms with Gasteiger partial charge in [0.15, 0.2) is 11.5 Å². The molecule has 1 fully saturated rings. The second-order valence-corrected chi connectivity index (χ2v) is 8.83. The predicted molar refractivity (Wildman–Crippen MR) is 124 cm³/mol. The number of benzene rings is 2. The highest BCUT2D eigenvalue weighted by Gasteiger charge is 2.19. The summed E-state index contributed by atoms with van der Waals surface area (Å²) in [5, 5.41) is 4.59. The van der Waals surface area contributed by atoms with Gasteiger partial charge in [0.25, 0.3) is 0 Å². The van der Waals surface area contributed by atoms with Gasteiger partial charge >= 0.3 is 0 Å². The third-order valence-electron chi connectivity index (χ3n) is 5.00. The molecule has 1 heterocycles. The van der Waals surface area contributed by atoms with Gasteiger partial charge in [0.1, 0.15) is 6.61 Å². The highest BCUT2D eigenvalue weighted by atomic mass is 79.9. The van der Waals surface area contributed by atoms with Crippen molar-refractivity contribution in [3.05, 3.63) is 56.0 Å². The maximum atomic E-state index is 11.6. The molecule has 0 spiro atoms. The number of likely N-dealkylation sites (tertiary alicyclic amines) is 1. The smallest absolute Gasteiger partial charge is 0.222 e. The van der Waals surface area contributed by atoms with Gasteiger partial charge < -0.3 is 19.7 Å². The summed E-state index contributed by atoms with van der Waals surface area (Å²) < 4.78 is 12.4. The van der Waals surface area contributed by atoms with Crippen molar-refractivity contribution in [1.82, 2.24) is 10.2 Å². The van der Waals surface area contributed by atoms with Gasteiger partial charge in [-0.2, -0.15) is 0 Å². The van der Waals surface area contributed by atoms with Crippen LogP contribution in [0.25, 0.3) is 0 Å². The number of hydrogen-bond acceptors (Lipinski definition) is 4. The Balaban J connectivity index is 1.53. The van der Waals surface area contributed by atoms with Gasteiger partial charge in [0.2, 0.25) is 5.91 Å². The van der Waals surface area contributed by atoms with E-state index in [1.54, 1.807) is 19.2 Å². The molecule has 1 amide bonds. The molecule has 0 bridgehead atoms. The maximum Gasteiger partial charge on any atom is 0.222 e. The second-order valence-electron chi connectivity index (χ2n) is 7.13. The summed E-state index contributed by atoms with van der Waals surface area (Å²) >= 11 is 15.8. The summed E-state index contributed by atoms with van der Waals surface area (Å²) in [7, 11) is 1.62. The number of halogens is 3. The molecule has 0 radical (unpaired) electrons. The van der Waals surface area contributed by atoms with Gasteiger partial charge in [-0.1, -0.05) is 45.2 Å². The summed E-state index contributed by atoms with van der Waals surface area (Å²) in [6.45, 7) is 3.55. The minimum Gasteiger partial charge on any atom is -0.493 e. The first-order valence-electron chi connectivity index (χ1n) is 9.89. The van der Waals surface area contributed by atoms with Crippen LogP contribution >= 0.6 is 39.1 Å². The monoisotopic (exact) mass is 514 g/mol. The second kappa shape index (κ2) is 11.2. The summed E-state index contributed by atoms with van der Waals surface area (Å²) in [4.78, 5) is 13.6. The van der Waals surface area contributed by atoms with Gasteiger partial charge in [-0.3, -0.25) is 4.79 Å². The molecule has 2 aromatic carbocycles. The first kappa shape index (κ1) is 23.2. The zero-order chi connectivity index (χ0) is 21.5. The van der Waals surface area contributed by atoms with Crippen molar-refractivity contribution < 1.29 is 14.3 Å². The molecule has 0 unspecified atom stereocenters. The minimum absolute atomic E-state index is 0.276. The summed E-state index contributed by atoms with van der Waals surface area (Å²) in [5.41, 5.74) is 1.92. The maximum absolute atomic E-state index is 11.6. The normalized spacial score (nSPS) is 13.7. The lowest BCUT2D eigenvalue weighted by molar-refractivity contribution is -0.127. The largest absolute Gasteiger partial charge is 0.493 e. The zero-order valence-corrected chi connectivity index (χ0v) is 19.9. The van der Waals surface area contributed by atoms with Crippen molar-refractivity contribution in [2.75, 3.05) is 26.7 Å². The molecule has 1 N–H and O–H groups in total. The van der Waals surface area contributed by atoms with E-state index in [-0.39, 0.29) is 5.91 Å². The van der Waals surface area contributed by atoms with E-state index in [1.807, 2.05) is 23.1 Å². The molecule has 1 aliphatic rings. The number of carbonyl (C=O) groups is 1. The Hall–Kier alpha value is -1.47. The molecular weight excluding hydrogens is 491 g/mol. The Labute approximate surface area is 195 Å². The fourth-order valence-electron chi connectivity index (χ4n) is 3.34. The lowest BCUT2D eigenvalue weighted by Crippen LogP contribution is -2.28. The van der Waals surface area contributed by atoms with Crippen molar-refractivity contribution in [3.8, 4) is 11.5 Å². The molecule has 162 valence electrons. The lowest BCUT2D eigenvalue weighted by Gasteiger charge is -2.16. The number of nitrogens with zero attached hydrogens (tertiary/aromatic N) is 1. The Kier molecular flexibility index (Phi) is 8.69. The molecule has 0 atom stereocenters. The van der Waals surface area contributed by atoms with Crippen LogP contribution in [0, 0.1) is 0 Å². The van der Waals surface area contributed by atoms with E-state index < -0.39 is 0 Å². The van der Waals surface area contributed by atoms with Crippen molar-refractivity contribution in [3.63, 3.8) is 0 Å². The molecule has 5 nitrogen and oxygen atoms in total. The van der Waals surface area contributed by atoms with Crippen LogP contribution in [-0.4, -0.2) is 37.6 Å². The molecule has 8 heteroatoms. The van der Waals surface area contributed by atoms with Crippen LogP contribution in [-0.2, 0) is 17.9 Å². The number of ether oxygens (including phenoxy) is 2. The number of methoxy groups -OCH3 is 1. The van der Waals surface area contributed by atoms with E-state index in [1.165, 1.54) is 0 Å². The summed E-state index contributed by atoms with van der Waals surface area (Å²) in [6, 6.07) is 9.19. The Morgan fingerprint density at radius 3 is 2.70 bits per heavy atom. The number of rotatable bonds is 10. The molecule has 2 aromatic rings. The lowest BCUT2D eigenvalue weighted by atomic mass is 10.2. The van der Waals surface area contributed by atoms with E-state index in [0.29, 0.717) is 41.1 Å². The first-order valence-corrected chi connectivity index (χ1v) is 11.4. The van der Waals surface area contributed by atoms with E-state index >= 15 is 0 Å². The summed E-state index contributed by atoms with van der Waals surface area (Å²) in [5.74, 6) is 1.56. The Morgan fingerprint density at radius 2 is 2.00 bits per heavy atom. The third kappa shape index (κ3) is 6.27. The molecule has 1 saturated heterocycles. The minimum atomic E-state index is 0.276. The molecule has 1 aliphatic heterocycles. The van der Waals surface area contributed by atoms with Crippen LogP contribution in [0.4, 0.5) is 0 Å². The standard InChI is InChI=1S/C22H25BrCl2N2O3/c1-29-20-10-16(13-26-7-3-9-27-8-2-4-22(27)28)18(23)12-21(20)30-14-15-5-6-17(24)11-19(15)25/h5-6,10-12,26H,2-4,7-9,13-14H2,1H3. The predicted octanol–water partition coefficient (Wildman–Crippen LogP) is 5.45. The van der Waals surface area contributed by atoms with Crippen molar-refractivity contribution in [1.29, 1.82) is 0 Å². The Morgan fingerprint density at radius 1 is 1.17 bits per heavy atom. The number of nitrogens with one attached hydrogen (secondary N) is 1. The van der Waals surface area contributed by atoms with Gasteiger partial charge in [0, 0.05) is 46.1 Å². The number of hydrogen-bond donors (Lipinski definition) is 1. The summed E-state index contributed by atoms with van der Waals surface area (Å²) in [6.07, 6.45) is 2.61. The van der Waals surface area contributed by atoms with E-state index in [0.717, 1.165) is 48.1 Å². The van der Waals surface area contributed by atoms with Gasteiger partial charge in [-0.05, 0) is 49.2 Å². The third-order valence-corrected chi connectivity index (χ3v) is 6.32. The molecule has 0 aliphatic carbocycles. The average molecular weight is 516 g/mol. The SMILES string of the molecule is COc1cc(CNCCCN2CCCC2=O)c(Br)cc1OCc1ccc(Cl)cc1Cl.